The van der Waals surface area contributed by atoms with Gasteiger partial charge in [-0.15, -0.1) is 0 Å². The molecule has 2 aromatic rings. The van der Waals surface area contributed by atoms with Crippen molar-refractivity contribution in [3.63, 3.8) is 0 Å². The van der Waals surface area contributed by atoms with Crippen molar-refractivity contribution in [2.24, 2.45) is 0 Å². The Bertz CT molecular complexity index is 1020. The summed E-state index contributed by atoms with van der Waals surface area (Å²) in [6.07, 6.45) is 10.2. The molecule has 0 aromatic heterocycles. The largest absolute Gasteiger partial charge is 0.507 e. The molecule has 4 nitrogen and oxygen atoms in total. The Hall–Kier alpha value is -3.24. The standard InChI is InChI=1S/C30H38O4/c1-5-7-9-11-13-15-17-23-19-25(31)21(3)29(33)27(23)28-24(18-16-14-12-10-8-6-2)20-26(32)22(4)30(28)34/h19-20,31-34H,5-14H2,1-4H3. The Kier molecular flexibility index (Phi) is 10.7. The summed E-state index contributed by atoms with van der Waals surface area (Å²) in [6.45, 7) is 7.54. The van der Waals surface area contributed by atoms with Gasteiger partial charge in [-0.25, -0.2) is 0 Å². The molecule has 0 atom stereocenters. The van der Waals surface area contributed by atoms with Gasteiger partial charge in [0.1, 0.15) is 23.0 Å². The number of phenols is 4. The normalized spacial score (nSPS) is 10.4. The third-order valence-corrected chi connectivity index (χ3v) is 6.06. The molecule has 0 heterocycles. The fraction of sp³-hybridized carbons (Fsp3) is 0.467. The molecule has 0 radical (unpaired) electrons. The first-order chi connectivity index (χ1) is 16.3. The van der Waals surface area contributed by atoms with Crippen LogP contribution < -0.4 is 0 Å². The van der Waals surface area contributed by atoms with Crippen LogP contribution in [0.4, 0.5) is 0 Å². The molecule has 0 saturated heterocycles. The minimum Gasteiger partial charge on any atom is -0.507 e. The van der Waals surface area contributed by atoms with Gasteiger partial charge in [-0.3, -0.25) is 0 Å². The summed E-state index contributed by atoms with van der Waals surface area (Å²) in [6, 6.07) is 3.04. The number of benzene rings is 2. The van der Waals surface area contributed by atoms with Gasteiger partial charge >= 0.3 is 0 Å². The van der Waals surface area contributed by atoms with Gasteiger partial charge < -0.3 is 20.4 Å². The zero-order valence-corrected chi connectivity index (χ0v) is 21.0. The Balaban J connectivity index is 2.58. The molecule has 0 spiro atoms. The number of hydrogen-bond donors (Lipinski definition) is 4. The molecule has 0 bridgehead atoms. The quantitative estimate of drug-likeness (QED) is 0.231. The fourth-order valence-corrected chi connectivity index (χ4v) is 3.81. The van der Waals surface area contributed by atoms with Crippen LogP contribution in [0.15, 0.2) is 12.1 Å². The lowest BCUT2D eigenvalue weighted by molar-refractivity contribution is 0.438. The lowest BCUT2D eigenvalue weighted by Crippen LogP contribution is -1.95. The van der Waals surface area contributed by atoms with Gasteiger partial charge in [0, 0.05) is 46.2 Å². The van der Waals surface area contributed by atoms with Crippen molar-refractivity contribution in [1.29, 1.82) is 0 Å². The Morgan fingerprint density at radius 1 is 0.588 bits per heavy atom. The molecule has 2 rings (SSSR count). The van der Waals surface area contributed by atoms with E-state index in [1.807, 2.05) is 0 Å². The summed E-state index contributed by atoms with van der Waals surface area (Å²) in [5, 5.41) is 42.7. The highest BCUT2D eigenvalue weighted by molar-refractivity contribution is 5.88. The van der Waals surface area contributed by atoms with Crippen LogP contribution in [-0.4, -0.2) is 20.4 Å². The van der Waals surface area contributed by atoms with Crippen LogP contribution in [0.3, 0.4) is 0 Å². The van der Waals surface area contributed by atoms with E-state index in [0.29, 0.717) is 46.2 Å². The van der Waals surface area contributed by atoms with Crippen LogP contribution in [0.5, 0.6) is 23.0 Å². The van der Waals surface area contributed by atoms with Crippen molar-refractivity contribution in [3.8, 4) is 57.8 Å². The van der Waals surface area contributed by atoms with Crippen LogP contribution in [0.25, 0.3) is 11.1 Å². The van der Waals surface area contributed by atoms with Gasteiger partial charge in [0.2, 0.25) is 0 Å². The summed E-state index contributed by atoms with van der Waals surface area (Å²) < 4.78 is 0. The van der Waals surface area contributed by atoms with E-state index in [4.69, 9.17) is 0 Å². The molecule has 182 valence electrons. The topological polar surface area (TPSA) is 80.9 Å². The Morgan fingerprint density at radius 2 is 0.971 bits per heavy atom. The van der Waals surface area contributed by atoms with Crippen LogP contribution in [0, 0.1) is 37.5 Å². The second kappa shape index (κ2) is 13.5. The summed E-state index contributed by atoms with van der Waals surface area (Å²) in [5.41, 5.74) is 2.09. The zero-order chi connectivity index (χ0) is 25.1. The van der Waals surface area contributed by atoms with Gasteiger partial charge in [0.05, 0.1) is 0 Å². The molecule has 4 N–H and O–H groups in total. The molecule has 0 amide bonds. The highest BCUT2D eigenvalue weighted by Gasteiger charge is 2.23. The number of phenolic OH excluding ortho intramolecular Hbond substituents is 4. The molecule has 2 aromatic carbocycles. The smallest absolute Gasteiger partial charge is 0.131 e. The lowest BCUT2D eigenvalue weighted by Gasteiger charge is -2.17. The minimum atomic E-state index is -0.151. The van der Waals surface area contributed by atoms with Crippen molar-refractivity contribution >= 4 is 0 Å². The molecule has 4 heteroatoms. The number of hydrogen-bond acceptors (Lipinski definition) is 4. The third-order valence-electron chi connectivity index (χ3n) is 6.06. The predicted molar refractivity (Wildman–Crippen MR) is 139 cm³/mol. The monoisotopic (exact) mass is 462 g/mol. The average molecular weight is 463 g/mol. The SMILES string of the molecule is CCCCCCC#Cc1cc(O)c(C)c(O)c1-c1c(C#CCCCCCC)cc(O)c(C)c1O. The molecular weight excluding hydrogens is 424 g/mol. The van der Waals surface area contributed by atoms with E-state index in [9.17, 15) is 20.4 Å². The van der Waals surface area contributed by atoms with Crippen LogP contribution in [-0.2, 0) is 0 Å². The summed E-state index contributed by atoms with van der Waals surface area (Å²) in [5.74, 6) is 12.0. The van der Waals surface area contributed by atoms with Crippen LogP contribution in [0.2, 0.25) is 0 Å². The molecule has 0 unspecified atom stereocenters. The van der Waals surface area contributed by atoms with Crippen molar-refractivity contribution in [2.45, 2.75) is 91.9 Å². The van der Waals surface area contributed by atoms with Gasteiger partial charge in [-0.05, 0) is 38.8 Å². The predicted octanol–water partition coefficient (Wildman–Crippen LogP) is 7.44. The fourth-order valence-electron chi connectivity index (χ4n) is 3.81. The zero-order valence-electron chi connectivity index (χ0n) is 21.0. The van der Waals surface area contributed by atoms with E-state index < -0.39 is 0 Å². The second-order valence-electron chi connectivity index (χ2n) is 8.81. The highest BCUT2D eigenvalue weighted by atomic mass is 16.3. The molecule has 0 aliphatic heterocycles. The number of aromatic hydroxyl groups is 4. The maximum Gasteiger partial charge on any atom is 0.131 e. The molecule has 0 aliphatic rings. The third kappa shape index (κ3) is 6.88. The van der Waals surface area contributed by atoms with Crippen LogP contribution in [0.1, 0.15) is 100 Å². The van der Waals surface area contributed by atoms with Crippen molar-refractivity contribution < 1.29 is 20.4 Å². The summed E-state index contributed by atoms with van der Waals surface area (Å²) >= 11 is 0. The van der Waals surface area contributed by atoms with E-state index in [-0.39, 0.29) is 23.0 Å². The summed E-state index contributed by atoms with van der Waals surface area (Å²) in [4.78, 5) is 0. The highest BCUT2D eigenvalue weighted by Crippen LogP contribution is 2.47. The van der Waals surface area contributed by atoms with Crippen LogP contribution >= 0.6 is 0 Å². The van der Waals surface area contributed by atoms with Crippen molar-refractivity contribution in [2.75, 3.05) is 0 Å². The Morgan fingerprint density at radius 3 is 1.32 bits per heavy atom. The van der Waals surface area contributed by atoms with Crippen molar-refractivity contribution in [1.82, 2.24) is 0 Å². The van der Waals surface area contributed by atoms with Gasteiger partial charge in [-0.1, -0.05) is 76.1 Å². The van der Waals surface area contributed by atoms with Gasteiger partial charge in [0.25, 0.3) is 0 Å². The first-order valence-electron chi connectivity index (χ1n) is 12.4. The molecule has 0 saturated carbocycles. The average Bonchev–Trinajstić information content (AvgIpc) is 2.82. The van der Waals surface area contributed by atoms with E-state index in [1.54, 1.807) is 13.8 Å². The molecule has 0 aliphatic carbocycles. The molecule has 34 heavy (non-hydrogen) atoms. The van der Waals surface area contributed by atoms with Gasteiger partial charge in [-0.2, -0.15) is 0 Å². The maximum atomic E-state index is 11.0. The minimum absolute atomic E-state index is 0.0601. The molecule has 0 fully saturated rings. The maximum absolute atomic E-state index is 11.0. The first kappa shape index (κ1) is 27.0. The molecular formula is C30H38O4. The Labute approximate surface area is 204 Å². The lowest BCUT2D eigenvalue weighted by atomic mass is 9.89. The number of rotatable bonds is 9. The number of unbranched alkanes of at least 4 members (excludes halogenated alkanes) is 8. The van der Waals surface area contributed by atoms with E-state index >= 15 is 0 Å². The van der Waals surface area contributed by atoms with Gasteiger partial charge in [0.15, 0.2) is 0 Å². The second-order valence-corrected chi connectivity index (χ2v) is 8.81. The summed E-state index contributed by atoms with van der Waals surface area (Å²) in [7, 11) is 0. The van der Waals surface area contributed by atoms with E-state index in [2.05, 4.69) is 37.5 Å². The first-order valence-corrected chi connectivity index (χ1v) is 12.4. The van der Waals surface area contributed by atoms with Crippen molar-refractivity contribution in [3.05, 3.63) is 34.4 Å². The van der Waals surface area contributed by atoms with E-state index in [1.165, 1.54) is 25.0 Å². The van der Waals surface area contributed by atoms with E-state index in [0.717, 1.165) is 38.5 Å².